The van der Waals surface area contributed by atoms with E-state index in [0.29, 0.717) is 17.6 Å². The Hall–Kier alpha value is -0.940. The van der Waals surface area contributed by atoms with Gasteiger partial charge in [-0.1, -0.05) is 32.9 Å². The molecule has 0 amide bonds. The van der Waals surface area contributed by atoms with E-state index in [0.717, 1.165) is 13.1 Å². The van der Waals surface area contributed by atoms with E-state index in [-0.39, 0.29) is 12.0 Å². The zero-order valence-corrected chi connectivity index (χ0v) is 11.4. The Labute approximate surface area is 103 Å². The molecule has 2 unspecified atom stereocenters. The number of methoxy groups -OCH3 is 1. The van der Waals surface area contributed by atoms with Gasteiger partial charge in [-0.2, -0.15) is 4.98 Å². The second kappa shape index (κ2) is 6.71. The Morgan fingerprint density at radius 1 is 1.35 bits per heavy atom. The Morgan fingerprint density at radius 2 is 2.06 bits per heavy atom. The van der Waals surface area contributed by atoms with Crippen LogP contribution in [0.15, 0.2) is 4.52 Å². The van der Waals surface area contributed by atoms with Crippen molar-refractivity contribution in [2.45, 2.75) is 39.7 Å². The van der Waals surface area contributed by atoms with Gasteiger partial charge in [0.1, 0.15) is 6.10 Å². The standard InChI is InChI=1S/C12H23N3O2/c1-6-13-7-9(4)12-14-11(15-17-12)10(16-5)8(2)3/h8-10,13H,6-7H2,1-5H3. The molecule has 98 valence electrons. The number of hydrogen-bond donors (Lipinski definition) is 1. The molecule has 0 aliphatic rings. The second-order valence-electron chi connectivity index (χ2n) is 4.60. The number of nitrogens with one attached hydrogen (secondary N) is 1. The summed E-state index contributed by atoms with van der Waals surface area (Å²) in [6, 6.07) is 0. The lowest BCUT2D eigenvalue weighted by Crippen LogP contribution is -2.19. The summed E-state index contributed by atoms with van der Waals surface area (Å²) in [6.07, 6.45) is -0.0983. The van der Waals surface area contributed by atoms with Crippen molar-refractivity contribution in [2.75, 3.05) is 20.2 Å². The van der Waals surface area contributed by atoms with Crippen LogP contribution in [0.1, 0.15) is 51.4 Å². The molecule has 0 fully saturated rings. The van der Waals surface area contributed by atoms with Crippen LogP contribution in [-0.2, 0) is 4.74 Å². The predicted molar refractivity (Wildman–Crippen MR) is 65.8 cm³/mol. The summed E-state index contributed by atoms with van der Waals surface area (Å²) >= 11 is 0. The fraction of sp³-hybridized carbons (Fsp3) is 0.833. The Kier molecular flexibility index (Phi) is 5.58. The molecule has 1 heterocycles. The van der Waals surface area contributed by atoms with Crippen molar-refractivity contribution < 1.29 is 9.26 Å². The molecule has 0 spiro atoms. The lowest BCUT2D eigenvalue weighted by atomic mass is 10.1. The van der Waals surface area contributed by atoms with Crippen LogP contribution in [0.3, 0.4) is 0 Å². The van der Waals surface area contributed by atoms with Gasteiger partial charge in [0.25, 0.3) is 0 Å². The first-order valence-electron chi connectivity index (χ1n) is 6.17. The first-order valence-corrected chi connectivity index (χ1v) is 6.17. The van der Waals surface area contributed by atoms with Crippen molar-refractivity contribution in [3.05, 3.63) is 11.7 Å². The molecule has 0 saturated heterocycles. The molecule has 5 nitrogen and oxygen atoms in total. The predicted octanol–water partition coefficient (Wildman–Crippen LogP) is 2.13. The summed E-state index contributed by atoms with van der Waals surface area (Å²) in [6.45, 7) is 10.1. The summed E-state index contributed by atoms with van der Waals surface area (Å²) in [4.78, 5) is 4.41. The van der Waals surface area contributed by atoms with Crippen LogP contribution in [0.2, 0.25) is 0 Å². The average molecular weight is 241 g/mol. The van der Waals surface area contributed by atoms with Gasteiger partial charge in [0.05, 0.1) is 0 Å². The number of likely N-dealkylation sites (N-methyl/N-ethyl adjacent to an activating group) is 1. The van der Waals surface area contributed by atoms with E-state index in [4.69, 9.17) is 9.26 Å². The minimum Gasteiger partial charge on any atom is -0.373 e. The average Bonchev–Trinajstić information content (AvgIpc) is 2.75. The third-order valence-corrected chi connectivity index (χ3v) is 2.69. The van der Waals surface area contributed by atoms with Crippen molar-refractivity contribution >= 4 is 0 Å². The van der Waals surface area contributed by atoms with Crippen LogP contribution < -0.4 is 5.32 Å². The van der Waals surface area contributed by atoms with Crippen LogP contribution >= 0.6 is 0 Å². The van der Waals surface area contributed by atoms with Gasteiger partial charge >= 0.3 is 0 Å². The van der Waals surface area contributed by atoms with Crippen molar-refractivity contribution in [1.29, 1.82) is 0 Å². The highest BCUT2D eigenvalue weighted by atomic mass is 16.5. The Balaban J connectivity index is 2.69. The minimum atomic E-state index is -0.0983. The molecule has 2 atom stereocenters. The molecule has 0 aromatic carbocycles. The van der Waals surface area contributed by atoms with Crippen LogP contribution in [-0.4, -0.2) is 30.3 Å². The summed E-state index contributed by atoms with van der Waals surface area (Å²) < 4.78 is 10.6. The van der Waals surface area contributed by atoms with E-state index in [9.17, 15) is 0 Å². The smallest absolute Gasteiger partial charge is 0.230 e. The van der Waals surface area contributed by atoms with Crippen LogP contribution in [0, 0.1) is 5.92 Å². The van der Waals surface area contributed by atoms with Crippen molar-refractivity contribution in [1.82, 2.24) is 15.5 Å². The maximum absolute atomic E-state index is 5.37. The molecular formula is C12H23N3O2. The summed E-state index contributed by atoms with van der Waals surface area (Å²) in [7, 11) is 1.67. The van der Waals surface area contributed by atoms with Crippen LogP contribution in [0.25, 0.3) is 0 Å². The number of hydrogen-bond acceptors (Lipinski definition) is 5. The zero-order chi connectivity index (χ0) is 12.8. The second-order valence-corrected chi connectivity index (χ2v) is 4.60. The third kappa shape index (κ3) is 3.78. The van der Waals surface area contributed by atoms with Gasteiger partial charge in [0, 0.05) is 19.6 Å². The number of ether oxygens (including phenoxy) is 1. The molecule has 1 N–H and O–H groups in total. The number of aromatic nitrogens is 2. The molecule has 1 aromatic rings. The molecule has 0 radical (unpaired) electrons. The first-order chi connectivity index (χ1) is 8.10. The van der Waals surface area contributed by atoms with Crippen molar-refractivity contribution in [2.24, 2.45) is 5.92 Å². The lowest BCUT2D eigenvalue weighted by molar-refractivity contribution is 0.0555. The van der Waals surface area contributed by atoms with Gasteiger partial charge in [-0.25, -0.2) is 0 Å². The number of nitrogens with zero attached hydrogens (tertiary/aromatic N) is 2. The van der Waals surface area contributed by atoms with Crippen LogP contribution in [0.4, 0.5) is 0 Å². The molecular weight excluding hydrogens is 218 g/mol. The Bertz CT molecular complexity index is 325. The fourth-order valence-electron chi connectivity index (χ4n) is 1.69. The maximum Gasteiger partial charge on any atom is 0.230 e. The maximum atomic E-state index is 5.37. The van der Waals surface area contributed by atoms with E-state index < -0.39 is 0 Å². The summed E-state index contributed by atoms with van der Waals surface area (Å²) in [5, 5.41) is 7.26. The highest BCUT2D eigenvalue weighted by molar-refractivity contribution is 4.97. The lowest BCUT2D eigenvalue weighted by Gasteiger charge is -2.14. The third-order valence-electron chi connectivity index (χ3n) is 2.69. The van der Waals surface area contributed by atoms with E-state index >= 15 is 0 Å². The van der Waals surface area contributed by atoms with Gasteiger partial charge in [-0.05, 0) is 12.5 Å². The molecule has 0 saturated carbocycles. The topological polar surface area (TPSA) is 60.2 Å². The van der Waals surface area contributed by atoms with Crippen molar-refractivity contribution in [3.63, 3.8) is 0 Å². The van der Waals surface area contributed by atoms with Gasteiger partial charge in [0.15, 0.2) is 0 Å². The molecule has 0 aliphatic carbocycles. The molecule has 1 aromatic heterocycles. The molecule has 17 heavy (non-hydrogen) atoms. The van der Waals surface area contributed by atoms with E-state index in [2.05, 4.69) is 43.2 Å². The molecule has 5 heteroatoms. The van der Waals surface area contributed by atoms with E-state index in [1.165, 1.54) is 0 Å². The largest absolute Gasteiger partial charge is 0.373 e. The van der Waals surface area contributed by atoms with Gasteiger partial charge in [-0.15, -0.1) is 0 Å². The van der Waals surface area contributed by atoms with Gasteiger partial charge in [-0.3, -0.25) is 0 Å². The molecule has 0 bridgehead atoms. The summed E-state index contributed by atoms with van der Waals surface area (Å²) in [5.41, 5.74) is 0. The first kappa shape index (κ1) is 14.1. The molecule has 1 rings (SSSR count). The van der Waals surface area contributed by atoms with Crippen LogP contribution in [0.5, 0.6) is 0 Å². The van der Waals surface area contributed by atoms with Gasteiger partial charge in [0.2, 0.25) is 11.7 Å². The zero-order valence-electron chi connectivity index (χ0n) is 11.4. The minimum absolute atomic E-state index is 0.0983. The molecule has 0 aliphatic heterocycles. The Morgan fingerprint density at radius 3 is 2.59 bits per heavy atom. The SMILES string of the molecule is CCNCC(C)c1nc(C(OC)C(C)C)no1. The van der Waals surface area contributed by atoms with E-state index in [1.807, 2.05) is 0 Å². The quantitative estimate of drug-likeness (QED) is 0.792. The van der Waals surface area contributed by atoms with Crippen molar-refractivity contribution in [3.8, 4) is 0 Å². The fourth-order valence-corrected chi connectivity index (χ4v) is 1.69. The van der Waals surface area contributed by atoms with E-state index in [1.54, 1.807) is 7.11 Å². The highest BCUT2D eigenvalue weighted by Gasteiger charge is 2.22. The normalized spacial score (nSPS) is 15.2. The number of rotatable bonds is 7. The monoisotopic (exact) mass is 241 g/mol. The summed E-state index contributed by atoms with van der Waals surface area (Å²) in [5.74, 6) is 1.86. The van der Waals surface area contributed by atoms with Gasteiger partial charge < -0.3 is 14.6 Å². The highest BCUT2D eigenvalue weighted by Crippen LogP contribution is 2.23.